The van der Waals surface area contributed by atoms with Gasteiger partial charge >= 0.3 is 12.0 Å². The highest BCUT2D eigenvalue weighted by Crippen LogP contribution is 2.32. The summed E-state index contributed by atoms with van der Waals surface area (Å²) < 4.78 is 55.3. The summed E-state index contributed by atoms with van der Waals surface area (Å²) in [6.07, 6.45) is -1.54. The fraction of sp³-hybridized carbons (Fsp3) is 0.286. The van der Waals surface area contributed by atoms with Crippen molar-refractivity contribution in [2.45, 2.75) is 24.0 Å². The molecule has 1 heterocycles. The van der Waals surface area contributed by atoms with Gasteiger partial charge in [0.25, 0.3) is 5.91 Å². The molecule has 0 radical (unpaired) electrons. The highest BCUT2D eigenvalue weighted by Gasteiger charge is 2.31. The van der Waals surface area contributed by atoms with Gasteiger partial charge in [-0.3, -0.25) is 14.9 Å². The highest BCUT2D eigenvalue weighted by atomic mass is 32.2. The van der Waals surface area contributed by atoms with Gasteiger partial charge in [0.2, 0.25) is 10.0 Å². The van der Waals surface area contributed by atoms with Gasteiger partial charge in [-0.25, -0.2) is 17.6 Å². The van der Waals surface area contributed by atoms with Crippen molar-refractivity contribution >= 4 is 33.6 Å². The van der Waals surface area contributed by atoms with Crippen molar-refractivity contribution in [3.05, 3.63) is 48.3 Å². The van der Waals surface area contributed by atoms with Crippen LogP contribution in [0.2, 0.25) is 0 Å². The predicted molar refractivity (Wildman–Crippen MR) is 118 cm³/mol. The number of aliphatic hydroxyl groups is 1. The van der Waals surface area contributed by atoms with E-state index < -0.39 is 52.5 Å². The van der Waals surface area contributed by atoms with Crippen molar-refractivity contribution in [2.75, 3.05) is 25.1 Å². The number of hydrogen-bond acceptors (Lipinski definition) is 9. The van der Waals surface area contributed by atoms with Gasteiger partial charge in [0.05, 0.1) is 11.0 Å². The second-order valence-corrected chi connectivity index (χ2v) is 8.98. The predicted octanol–water partition coefficient (Wildman–Crippen LogP) is 0.516. The standard InChI is InChI=1S/C21H22FN3O9S/c1-12(26)19(25-35(30,31)15-5-2-13(22)3-6-15)20(28)34-11-18(27)24-21(29)23-14-4-7-16-17(10-14)33-9-8-32-16/h2-7,10,12,19,25-26H,8-9,11H2,1H3,(H2,23,24,27,29)/t12-,19+/m1/s1. The first kappa shape index (κ1) is 25.9. The van der Waals surface area contributed by atoms with Crippen LogP contribution >= 0.6 is 0 Å². The number of carbonyl (C=O) groups excluding carboxylic acids is 3. The Morgan fingerprint density at radius 2 is 1.74 bits per heavy atom. The van der Waals surface area contributed by atoms with Crippen molar-refractivity contribution in [3.63, 3.8) is 0 Å². The molecule has 0 saturated heterocycles. The lowest BCUT2D eigenvalue weighted by Crippen LogP contribution is -2.49. The molecule has 0 aromatic heterocycles. The Morgan fingerprint density at radius 1 is 1.09 bits per heavy atom. The van der Waals surface area contributed by atoms with E-state index in [1.165, 1.54) is 12.1 Å². The van der Waals surface area contributed by atoms with Crippen LogP contribution in [-0.4, -0.2) is 63.4 Å². The smallest absolute Gasteiger partial charge is 0.327 e. The normalized spacial score (nSPS) is 14.4. The maximum absolute atomic E-state index is 13.0. The van der Waals surface area contributed by atoms with Gasteiger partial charge in [-0.1, -0.05) is 0 Å². The Hall–Kier alpha value is -3.75. The van der Waals surface area contributed by atoms with E-state index in [0.717, 1.165) is 31.2 Å². The van der Waals surface area contributed by atoms with Crippen molar-refractivity contribution in [1.29, 1.82) is 0 Å². The van der Waals surface area contributed by atoms with Gasteiger partial charge in [-0.2, -0.15) is 4.72 Å². The molecule has 0 unspecified atom stereocenters. The van der Waals surface area contributed by atoms with Crippen molar-refractivity contribution < 1.29 is 46.5 Å². The first-order chi connectivity index (χ1) is 16.5. The van der Waals surface area contributed by atoms with E-state index in [0.29, 0.717) is 30.4 Å². The van der Waals surface area contributed by atoms with Crippen LogP contribution in [-0.2, 0) is 24.3 Å². The summed E-state index contributed by atoms with van der Waals surface area (Å²) in [5.41, 5.74) is 0.306. The minimum absolute atomic E-state index is 0.306. The first-order valence-corrected chi connectivity index (χ1v) is 11.7. The lowest BCUT2D eigenvalue weighted by Gasteiger charge is -2.20. The van der Waals surface area contributed by atoms with E-state index in [9.17, 15) is 32.3 Å². The van der Waals surface area contributed by atoms with Crippen molar-refractivity contribution in [2.24, 2.45) is 0 Å². The molecular formula is C21H22FN3O9S. The summed E-state index contributed by atoms with van der Waals surface area (Å²) >= 11 is 0. The van der Waals surface area contributed by atoms with Crippen molar-refractivity contribution in [3.8, 4) is 11.5 Å². The number of imide groups is 1. The Labute approximate surface area is 199 Å². The van der Waals surface area contributed by atoms with Crippen LogP contribution in [0.5, 0.6) is 11.5 Å². The number of rotatable bonds is 8. The Balaban J connectivity index is 1.52. The number of carbonyl (C=O) groups is 3. The summed E-state index contributed by atoms with van der Waals surface area (Å²) in [6.45, 7) is 0.936. The number of aliphatic hydroxyl groups excluding tert-OH is 1. The molecule has 0 aliphatic carbocycles. The van der Waals surface area contributed by atoms with Gasteiger partial charge in [0, 0.05) is 11.8 Å². The number of anilines is 1. The molecule has 14 heteroatoms. The van der Waals surface area contributed by atoms with Gasteiger partial charge in [0.1, 0.15) is 25.1 Å². The zero-order valence-corrected chi connectivity index (χ0v) is 19.1. The molecule has 3 rings (SSSR count). The molecule has 3 amide bonds. The number of urea groups is 1. The molecule has 4 N–H and O–H groups in total. The van der Waals surface area contributed by atoms with E-state index >= 15 is 0 Å². The molecule has 2 atom stereocenters. The van der Waals surface area contributed by atoms with Gasteiger partial charge in [-0.05, 0) is 43.3 Å². The number of fused-ring (bicyclic) bond motifs is 1. The molecule has 0 bridgehead atoms. The van der Waals surface area contributed by atoms with E-state index in [2.05, 4.69) is 5.32 Å². The maximum Gasteiger partial charge on any atom is 0.327 e. The fourth-order valence-electron chi connectivity index (χ4n) is 2.87. The number of benzene rings is 2. The zero-order chi connectivity index (χ0) is 25.6. The van der Waals surface area contributed by atoms with E-state index in [4.69, 9.17) is 14.2 Å². The van der Waals surface area contributed by atoms with Crippen LogP contribution < -0.4 is 24.8 Å². The molecule has 12 nitrogen and oxygen atoms in total. The molecule has 35 heavy (non-hydrogen) atoms. The minimum atomic E-state index is -4.33. The molecule has 0 spiro atoms. The van der Waals surface area contributed by atoms with Crippen LogP contribution in [0.15, 0.2) is 47.4 Å². The van der Waals surface area contributed by atoms with Crippen molar-refractivity contribution in [1.82, 2.24) is 10.0 Å². The summed E-state index contributed by atoms with van der Waals surface area (Å²) in [4.78, 5) is 35.9. The van der Waals surface area contributed by atoms with E-state index in [-0.39, 0.29) is 4.90 Å². The molecule has 188 valence electrons. The topological polar surface area (TPSA) is 169 Å². The molecule has 2 aromatic rings. The van der Waals surface area contributed by atoms with Gasteiger partial charge in [0.15, 0.2) is 18.1 Å². The number of halogens is 1. The number of nitrogens with one attached hydrogen (secondary N) is 3. The Bertz CT molecular complexity index is 1200. The Morgan fingerprint density at radius 3 is 2.40 bits per heavy atom. The molecule has 2 aromatic carbocycles. The number of esters is 1. The van der Waals surface area contributed by atoms with Crippen LogP contribution in [0.4, 0.5) is 14.9 Å². The monoisotopic (exact) mass is 511 g/mol. The summed E-state index contributed by atoms with van der Waals surface area (Å²) in [5, 5.41) is 14.2. The average Bonchev–Trinajstić information content (AvgIpc) is 2.81. The lowest BCUT2D eigenvalue weighted by molar-refractivity contribution is -0.152. The number of ether oxygens (including phenoxy) is 3. The van der Waals surface area contributed by atoms with E-state index in [1.54, 1.807) is 6.07 Å². The second kappa shape index (κ2) is 11.1. The molecule has 0 fully saturated rings. The fourth-order valence-corrected chi connectivity index (χ4v) is 4.12. The van der Waals surface area contributed by atoms with Crippen LogP contribution in [0.3, 0.4) is 0 Å². The third-order valence-electron chi connectivity index (χ3n) is 4.54. The molecule has 1 aliphatic rings. The van der Waals surface area contributed by atoms with E-state index in [1.807, 2.05) is 10.0 Å². The summed E-state index contributed by atoms with van der Waals surface area (Å²) in [6, 6.07) is 5.66. The third kappa shape index (κ3) is 7.11. The van der Waals surface area contributed by atoms with Gasteiger partial charge < -0.3 is 24.6 Å². The largest absolute Gasteiger partial charge is 0.486 e. The SMILES string of the molecule is C[C@@H](O)[C@H](NS(=O)(=O)c1ccc(F)cc1)C(=O)OCC(=O)NC(=O)Nc1ccc2c(c1)OCCO2. The molecule has 1 aliphatic heterocycles. The quantitative estimate of drug-likeness (QED) is 0.369. The maximum atomic E-state index is 13.0. The average molecular weight is 511 g/mol. The summed E-state index contributed by atoms with van der Waals surface area (Å²) in [5.74, 6) is -2.03. The zero-order valence-electron chi connectivity index (χ0n) is 18.3. The third-order valence-corrected chi connectivity index (χ3v) is 6.00. The second-order valence-electron chi connectivity index (χ2n) is 7.26. The molecule has 0 saturated carbocycles. The highest BCUT2D eigenvalue weighted by molar-refractivity contribution is 7.89. The first-order valence-electron chi connectivity index (χ1n) is 10.2. The number of amides is 3. The number of hydrogen-bond donors (Lipinski definition) is 4. The van der Waals surface area contributed by atoms with Crippen LogP contribution in [0.25, 0.3) is 0 Å². The van der Waals surface area contributed by atoms with Gasteiger partial charge in [-0.15, -0.1) is 0 Å². The number of sulfonamides is 1. The lowest BCUT2D eigenvalue weighted by atomic mass is 10.2. The Kier molecular flexibility index (Phi) is 8.22. The minimum Gasteiger partial charge on any atom is -0.486 e. The molecular weight excluding hydrogens is 489 g/mol. The summed E-state index contributed by atoms with van der Waals surface area (Å²) in [7, 11) is -4.33. The van der Waals surface area contributed by atoms with Crippen LogP contribution in [0, 0.1) is 5.82 Å². The van der Waals surface area contributed by atoms with Crippen LogP contribution in [0.1, 0.15) is 6.92 Å².